The number of nitrogens with one attached hydrogen (secondary N) is 1. The molecular formula is C18H18N6O2. The number of amides is 1. The summed E-state index contributed by atoms with van der Waals surface area (Å²) in [5.41, 5.74) is 1.78. The lowest BCUT2D eigenvalue weighted by Gasteiger charge is -2.07. The van der Waals surface area contributed by atoms with E-state index in [4.69, 9.17) is 0 Å². The number of carbonyl (C=O) groups excluding carboxylic acids is 1. The second-order valence-electron chi connectivity index (χ2n) is 6.20. The van der Waals surface area contributed by atoms with Crippen LogP contribution in [0.25, 0.3) is 5.69 Å². The maximum Gasteiger partial charge on any atom is 0.273 e. The molecular weight excluding hydrogens is 332 g/mol. The highest BCUT2D eigenvalue weighted by atomic mass is 16.2. The first-order valence-electron chi connectivity index (χ1n) is 8.55. The van der Waals surface area contributed by atoms with E-state index in [1.165, 1.54) is 21.7 Å². The summed E-state index contributed by atoms with van der Waals surface area (Å²) in [4.78, 5) is 25.5. The summed E-state index contributed by atoms with van der Waals surface area (Å²) in [6.07, 6.45) is 3.67. The van der Waals surface area contributed by atoms with Crippen molar-refractivity contribution in [2.24, 2.45) is 0 Å². The number of rotatable bonds is 6. The van der Waals surface area contributed by atoms with Crippen LogP contribution in [0.15, 0.2) is 53.5 Å². The minimum absolute atomic E-state index is 0.168. The standard InChI is InChI=1S/C18H18N6O2/c25-17-9-8-15(13-6-7-13)21-23(17)11-10-19-18(26)16-12-20-24(22-16)14-4-2-1-3-5-14/h1-5,8-9,12-13H,6-7,10-11H2,(H,19,26). The number of hydrogen-bond acceptors (Lipinski definition) is 5. The molecule has 0 aliphatic heterocycles. The Labute approximate surface area is 149 Å². The molecule has 8 heteroatoms. The molecule has 1 aliphatic carbocycles. The Balaban J connectivity index is 1.37. The average molecular weight is 350 g/mol. The summed E-state index contributed by atoms with van der Waals surface area (Å²) in [6, 6.07) is 12.7. The van der Waals surface area contributed by atoms with Crippen LogP contribution in [-0.2, 0) is 6.54 Å². The van der Waals surface area contributed by atoms with E-state index in [9.17, 15) is 9.59 Å². The van der Waals surface area contributed by atoms with Crippen LogP contribution in [0.3, 0.4) is 0 Å². The van der Waals surface area contributed by atoms with Gasteiger partial charge < -0.3 is 5.32 Å². The zero-order valence-corrected chi connectivity index (χ0v) is 14.1. The first-order chi connectivity index (χ1) is 12.7. The fourth-order valence-electron chi connectivity index (χ4n) is 2.64. The SMILES string of the molecule is O=C(NCCn1nc(C2CC2)ccc1=O)c1cnn(-c2ccccc2)n1. The molecule has 2 heterocycles. The third-order valence-corrected chi connectivity index (χ3v) is 4.20. The third kappa shape index (κ3) is 3.53. The molecule has 132 valence electrons. The molecule has 3 aromatic rings. The monoisotopic (exact) mass is 350 g/mol. The van der Waals surface area contributed by atoms with E-state index in [2.05, 4.69) is 20.6 Å². The minimum atomic E-state index is -0.335. The Kier molecular flexibility index (Phi) is 4.30. The van der Waals surface area contributed by atoms with Crippen molar-refractivity contribution in [1.82, 2.24) is 30.1 Å². The zero-order chi connectivity index (χ0) is 17.9. The zero-order valence-electron chi connectivity index (χ0n) is 14.1. The fourth-order valence-corrected chi connectivity index (χ4v) is 2.64. The van der Waals surface area contributed by atoms with Crippen molar-refractivity contribution < 1.29 is 4.79 Å². The van der Waals surface area contributed by atoms with Gasteiger partial charge in [-0.3, -0.25) is 9.59 Å². The normalized spacial score (nSPS) is 13.5. The Bertz CT molecular complexity index is 975. The molecule has 8 nitrogen and oxygen atoms in total. The largest absolute Gasteiger partial charge is 0.349 e. The molecule has 1 fully saturated rings. The van der Waals surface area contributed by atoms with Crippen molar-refractivity contribution >= 4 is 5.91 Å². The summed E-state index contributed by atoms with van der Waals surface area (Å²) in [6.45, 7) is 0.607. The number of hydrogen-bond donors (Lipinski definition) is 1. The average Bonchev–Trinajstić information content (AvgIpc) is 3.40. The molecule has 1 amide bonds. The smallest absolute Gasteiger partial charge is 0.273 e. The Morgan fingerprint density at radius 2 is 1.92 bits per heavy atom. The third-order valence-electron chi connectivity index (χ3n) is 4.20. The van der Waals surface area contributed by atoms with Crippen LogP contribution in [0, 0.1) is 0 Å². The van der Waals surface area contributed by atoms with Gasteiger partial charge in [-0.25, -0.2) is 4.68 Å². The second-order valence-corrected chi connectivity index (χ2v) is 6.20. The molecule has 2 aromatic heterocycles. The van der Waals surface area contributed by atoms with Gasteiger partial charge in [-0.1, -0.05) is 18.2 Å². The van der Waals surface area contributed by atoms with Gasteiger partial charge in [-0.2, -0.15) is 15.0 Å². The minimum Gasteiger partial charge on any atom is -0.349 e. The lowest BCUT2D eigenvalue weighted by atomic mass is 10.3. The molecule has 0 unspecified atom stereocenters. The molecule has 0 atom stereocenters. The van der Waals surface area contributed by atoms with Gasteiger partial charge in [0.2, 0.25) is 0 Å². The van der Waals surface area contributed by atoms with Gasteiger partial charge in [0.05, 0.1) is 24.1 Å². The number of aromatic nitrogens is 5. The predicted octanol–water partition coefficient (Wildman–Crippen LogP) is 1.13. The highest BCUT2D eigenvalue weighted by Gasteiger charge is 2.25. The second kappa shape index (κ2) is 6.91. The van der Waals surface area contributed by atoms with E-state index in [-0.39, 0.29) is 23.7 Å². The molecule has 0 bridgehead atoms. The highest BCUT2D eigenvalue weighted by Crippen LogP contribution is 2.38. The van der Waals surface area contributed by atoms with Crippen LogP contribution in [-0.4, -0.2) is 37.2 Å². The van der Waals surface area contributed by atoms with Crippen LogP contribution >= 0.6 is 0 Å². The predicted molar refractivity (Wildman–Crippen MR) is 94.2 cm³/mol. The Hall–Kier alpha value is -3.29. The van der Waals surface area contributed by atoms with Crippen molar-refractivity contribution in [3.8, 4) is 5.69 Å². The van der Waals surface area contributed by atoms with Crippen molar-refractivity contribution in [3.63, 3.8) is 0 Å². The topological polar surface area (TPSA) is 94.7 Å². The Morgan fingerprint density at radius 3 is 2.69 bits per heavy atom. The van der Waals surface area contributed by atoms with Gasteiger partial charge in [0, 0.05) is 18.5 Å². The fraction of sp³-hybridized carbons (Fsp3) is 0.278. The number of carbonyl (C=O) groups is 1. The van der Waals surface area contributed by atoms with Crippen LogP contribution in [0.4, 0.5) is 0 Å². The number of para-hydroxylation sites is 1. The van der Waals surface area contributed by atoms with Gasteiger partial charge in [0.25, 0.3) is 11.5 Å². The lowest BCUT2D eigenvalue weighted by molar-refractivity contribution is 0.0946. The van der Waals surface area contributed by atoms with E-state index < -0.39 is 0 Å². The van der Waals surface area contributed by atoms with Crippen LogP contribution in [0.2, 0.25) is 0 Å². The van der Waals surface area contributed by atoms with Crippen LogP contribution in [0.5, 0.6) is 0 Å². The van der Waals surface area contributed by atoms with Crippen LogP contribution < -0.4 is 10.9 Å². The van der Waals surface area contributed by atoms with Gasteiger partial charge in [-0.05, 0) is 31.0 Å². The van der Waals surface area contributed by atoms with Gasteiger partial charge >= 0.3 is 0 Å². The summed E-state index contributed by atoms with van der Waals surface area (Å²) >= 11 is 0. The molecule has 26 heavy (non-hydrogen) atoms. The molecule has 1 aliphatic rings. The summed E-state index contributed by atoms with van der Waals surface area (Å²) < 4.78 is 1.40. The number of benzene rings is 1. The molecule has 1 N–H and O–H groups in total. The Morgan fingerprint density at radius 1 is 1.12 bits per heavy atom. The van der Waals surface area contributed by atoms with Gasteiger partial charge in [0.15, 0.2) is 5.69 Å². The van der Waals surface area contributed by atoms with E-state index in [0.717, 1.165) is 24.2 Å². The van der Waals surface area contributed by atoms with Crippen molar-refractivity contribution in [2.45, 2.75) is 25.3 Å². The molecule has 1 aromatic carbocycles. The summed E-state index contributed by atoms with van der Waals surface area (Å²) in [5, 5.41) is 15.4. The van der Waals surface area contributed by atoms with Gasteiger partial charge in [0.1, 0.15) is 0 Å². The summed E-state index contributed by atoms with van der Waals surface area (Å²) in [5.74, 6) is 0.142. The van der Waals surface area contributed by atoms with Crippen molar-refractivity contribution in [2.75, 3.05) is 6.54 Å². The summed E-state index contributed by atoms with van der Waals surface area (Å²) in [7, 11) is 0. The maximum atomic E-state index is 12.2. The van der Waals surface area contributed by atoms with E-state index in [0.29, 0.717) is 12.5 Å². The van der Waals surface area contributed by atoms with E-state index in [1.807, 2.05) is 30.3 Å². The van der Waals surface area contributed by atoms with Crippen molar-refractivity contribution in [3.05, 3.63) is 70.4 Å². The number of nitrogens with zero attached hydrogens (tertiary/aromatic N) is 5. The first-order valence-corrected chi connectivity index (χ1v) is 8.55. The molecule has 1 saturated carbocycles. The van der Waals surface area contributed by atoms with E-state index >= 15 is 0 Å². The molecule has 0 radical (unpaired) electrons. The van der Waals surface area contributed by atoms with Crippen LogP contribution in [0.1, 0.15) is 34.9 Å². The first kappa shape index (κ1) is 16.2. The molecule has 0 spiro atoms. The molecule has 4 rings (SSSR count). The van der Waals surface area contributed by atoms with Gasteiger partial charge in [-0.15, -0.1) is 5.10 Å². The molecule has 0 saturated heterocycles. The quantitative estimate of drug-likeness (QED) is 0.719. The van der Waals surface area contributed by atoms with E-state index in [1.54, 1.807) is 6.07 Å². The lowest BCUT2D eigenvalue weighted by Crippen LogP contribution is -2.32. The highest BCUT2D eigenvalue weighted by molar-refractivity contribution is 5.91. The maximum absolute atomic E-state index is 12.2. The van der Waals surface area contributed by atoms with Crippen molar-refractivity contribution in [1.29, 1.82) is 0 Å².